The van der Waals surface area contributed by atoms with Gasteiger partial charge >= 0.3 is 12.1 Å². The van der Waals surface area contributed by atoms with Crippen molar-refractivity contribution in [2.75, 3.05) is 7.11 Å². The van der Waals surface area contributed by atoms with Crippen molar-refractivity contribution in [3.05, 3.63) is 51.8 Å². The third-order valence-electron chi connectivity index (χ3n) is 2.84. The summed E-state index contributed by atoms with van der Waals surface area (Å²) in [5.41, 5.74) is -0.674. The van der Waals surface area contributed by atoms with Crippen molar-refractivity contribution in [3.63, 3.8) is 0 Å². The lowest BCUT2D eigenvalue weighted by atomic mass is 10.0. The Morgan fingerprint density at radius 2 is 1.71 bits per heavy atom. The highest BCUT2D eigenvalue weighted by Gasteiger charge is 2.33. The molecule has 0 atom stereocenters. The number of hydrogen-bond donors (Lipinski definition) is 0. The van der Waals surface area contributed by atoms with Gasteiger partial charge in [0.25, 0.3) is 0 Å². The van der Waals surface area contributed by atoms with E-state index in [2.05, 4.69) is 4.74 Å². The second kappa shape index (κ2) is 5.03. The van der Waals surface area contributed by atoms with Crippen LogP contribution in [0.5, 0.6) is 0 Å². The van der Waals surface area contributed by atoms with Gasteiger partial charge in [-0.25, -0.2) is 13.2 Å². The lowest BCUT2D eigenvalue weighted by Crippen LogP contribution is -2.12. The molecule has 1 heterocycles. The van der Waals surface area contributed by atoms with E-state index >= 15 is 0 Å². The van der Waals surface area contributed by atoms with Gasteiger partial charge < -0.3 is 4.74 Å². The number of halogens is 3. The molecule has 1 aromatic carbocycles. The highest BCUT2D eigenvalue weighted by Crippen LogP contribution is 2.34. The Bertz CT molecular complexity index is 741. The summed E-state index contributed by atoms with van der Waals surface area (Å²) in [7, 11) is -2.91. The molecule has 0 saturated heterocycles. The second-order valence-electron chi connectivity index (χ2n) is 4.16. The Kier molecular flexibility index (Phi) is 3.66. The van der Waals surface area contributed by atoms with Gasteiger partial charge in [0.2, 0.25) is 9.84 Å². The minimum Gasteiger partial charge on any atom is -0.465 e. The van der Waals surface area contributed by atoms with E-state index in [1.54, 1.807) is 0 Å². The molecule has 21 heavy (non-hydrogen) atoms. The van der Waals surface area contributed by atoms with Crippen LogP contribution < -0.4 is 0 Å². The molecule has 0 bridgehead atoms. The lowest BCUT2D eigenvalue weighted by Gasteiger charge is -2.08. The highest BCUT2D eigenvalue weighted by molar-refractivity contribution is 7.99. The van der Waals surface area contributed by atoms with Gasteiger partial charge in [-0.2, -0.15) is 13.2 Å². The van der Waals surface area contributed by atoms with Gasteiger partial charge in [0.15, 0.2) is 4.91 Å². The fourth-order valence-corrected chi connectivity index (χ4v) is 3.10. The van der Waals surface area contributed by atoms with E-state index in [0.717, 1.165) is 42.9 Å². The van der Waals surface area contributed by atoms with Gasteiger partial charge in [-0.3, -0.25) is 0 Å². The molecular formula is C13H9F3O4S. The van der Waals surface area contributed by atoms with Crippen molar-refractivity contribution in [1.82, 2.24) is 0 Å². The summed E-state index contributed by atoms with van der Waals surface area (Å²) < 4.78 is 65.3. The Labute approximate surface area is 118 Å². The molecule has 0 fully saturated rings. The van der Waals surface area contributed by atoms with Gasteiger partial charge in [0, 0.05) is 11.0 Å². The quantitative estimate of drug-likeness (QED) is 0.786. The van der Waals surface area contributed by atoms with Crippen LogP contribution in [0.15, 0.2) is 40.7 Å². The standard InChI is InChI=1S/C13H9F3O4S/c1-20-12(17)11-10(6-7-21(11,18)19)8-2-4-9(5-3-8)13(14,15)16/h2-7H,1H3. The van der Waals surface area contributed by atoms with E-state index in [1.807, 2.05) is 0 Å². The first-order valence-electron chi connectivity index (χ1n) is 5.60. The van der Waals surface area contributed by atoms with Crippen LogP contribution in [0, 0.1) is 0 Å². The van der Waals surface area contributed by atoms with Gasteiger partial charge in [0.05, 0.1) is 12.7 Å². The molecule has 0 unspecified atom stereocenters. The third-order valence-corrected chi connectivity index (χ3v) is 4.29. The van der Waals surface area contributed by atoms with Gasteiger partial charge in [-0.15, -0.1) is 0 Å². The summed E-state index contributed by atoms with van der Waals surface area (Å²) in [6.45, 7) is 0. The van der Waals surface area contributed by atoms with Crippen LogP contribution in [0.4, 0.5) is 13.2 Å². The van der Waals surface area contributed by atoms with Crippen molar-refractivity contribution in [1.29, 1.82) is 0 Å². The van der Waals surface area contributed by atoms with E-state index in [4.69, 9.17) is 0 Å². The van der Waals surface area contributed by atoms with E-state index in [-0.39, 0.29) is 11.1 Å². The smallest absolute Gasteiger partial charge is 0.416 e. The van der Waals surface area contributed by atoms with Crippen LogP contribution >= 0.6 is 0 Å². The molecule has 8 heteroatoms. The molecule has 0 aromatic heterocycles. The summed E-state index contributed by atoms with van der Waals surface area (Å²) in [6.07, 6.45) is -3.33. The molecule has 0 spiro atoms. The monoisotopic (exact) mass is 318 g/mol. The first kappa shape index (κ1) is 15.3. The zero-order valence-electron chi connectivity index (χ0n) is 10.6. The lowest BCUT2D eigenvalue weighted by molar-refractivity contribution is -0.137. The predicted octanol–water partition coefficient (Wildman–Crippen LogP) is 2.53. The number of rotatable bonds is 2. The van der Waals surface area contributed by atoms with Gasteiger partial charge in [-0.1, -0.05) is 12.1 Å². The maximum Gasteiger partial charge on any atom is 0.416 e. The van der Waals surface area contributed by atoms with Crippen LogP contribution in [0.25, 0.3) is 5.57 Å². The van der Waals surface area contributed by atoms with Gasteiger partial charge in [0.1, 0.15) is 0 Å². The number of sulfone groups is 1. The molecule has 0 radical (unpaired) electrons. The molecule has 0 N–H and O–H groups in total. The zero-order valence-corrected chi connectivity index (χ0v) is 11.5. The maximum absolute atomic E-state index is 12.5. The van der Waals surface area contributed by atoms with Gasteiger partial charge in [-0.05, 0) is 23.8 Å². The molecule has 4 nitrogen and oxygen atoms in total. The molecule has 1 aliphatic rings. The first-order valence-corrected chi connectivity index (χ1v) is 7.15. The summed E-state index contributed by atoms with van der Waals surface area (Å²) in [4.78, 5) is 11.0. The van der Waals surface area contributed by atoms with E-state index in [0.29, 0.717) is 0 Å². The molecule has 1 aliphatic heterocycles. The van der Waals surface area contributed by atoms with Crippen molar-refractivity contribution >= 4 is 21.4 Å². The molecule has 0 amide bonds. The third kappa shape index (κ3) is 2.85. The average molecular weight is 318 g/mol. The number of esters is 1. The second-order valence-corrected chi connectivity index (χ2v) is 5.93. The fourth-order valence-electron chi connectivity index (χ4n) is 1.84. The van der Waals surface area contributed by atoms with Crippen LogP contribution in [-0.2, 0) is 25.5 Å². The first-order chi connectivity index (χ1) is 9.66. The molecule has 2 rings (SSSR count). The molecule has 112 valence electrons. The Morgan fingerprint density at radius 1 is 1.14 bits per heavy atom. The number of carbonyl (C=O) groups is 1. The largest absolute Gasteiger partial charge is 0.465 e. The minimum atomic E-state index is -4.49. The fraction of sp³-hybridized carbons (Fsp3) is 0.154. The van der Waals surface area contributed by atoms with Crippen LogP contribution in [0.2, 0.25) is 0 Å². The van der Waals surface area contributed by atoms with Crippen molar-refractivity contribution in [2.24, 2.45) is 0 Å². The van der Waals surface area contributed by atoms with Crippen LogP contribution in [-0.4, -0.2) is 21.5 Å². The van der Waals surface area contributed by atoms with Crippen LogP contribution in [0.1, 0.15) is 11.1 Å². The van der Waals surface area contributed by atoms with E-state index in [9.17, 15) is 26.4 Å². The number of methoxy groups -OCH3 is 1. The molecule has 1 aromatic rings. The Balaban J connectivity index is 2.54. The number of ether oxygens (including phenoxy) is 1. The van der Waals surface area contributed by atoms with Crippen LogP contribution in [0.3, 0.4) is 0 Å². The molecule has 0 aliphatic carbocycles. The van der Waals surface area contributed by atoms with Crippen molar-refractivity contribution in [2.45, 2.75) is 6.18 Å². The summed E-state index contributed by atoms with van der Waals surface area (Å²) in [5, 5.41) is 0.812. The Morgan fingerprint density at radius 3 is 2.19 bits per heavy atom. The minimum absolute atomic E-state index is 0.00979. The normalized spacial score (nSPS) is 17.1. The highest BCUT2D eigenvalue weighted by atomic mass is 32.2. The van der Waals surface area contributed by atoms with Crippen molar-refractivity contribution in [3.8, 4) is 0 Å². The Hall–Kier alpha value is -2.09. The number of benzene rings is 1. The SMILES string of the molecule is COC(=O)C1=C(c2ccc(C(F)(F)F)cc2)C=CS1(=O)=O. The van der Waals surface area contributed by atoms with E-state index in [1.165, 1.54) is 0 Å². The zero-order chi connectivity index (χ0) is 15.8. The molecule has 0 saturated carbocycles. The topological polar surface area (TPSA) is 60.4 Å². The number of alkyl halides is 3. The average Bonchev–Trinajstić information content (AvgIpc) is 2.73. The predicted molar refractivity (Wildman–Crippen MR) is 68.4 cm³/mol. The number of carbonyl (C=O) groups excluding carboxylic acids is 1. The summed E-state index contributed by atoms with van der Waals surface area (Å²) >= 11 is 0. The summed E-state index contributed by atoms with van der Waals surface area (Å²) in [6, 6.07) is 3.84. The van der Waals surface area contributed by atoms with Crippen molar-refractivity contribution < 1.29 is 31.1 Å². The summed E-state index contributed by atoms with van der Waals surface area (Å²) in [5.74, 6) is -1.06. The molecular weight excluding hydrogens is 309 g/mol. The van der Waals surface area contributed by atoms with E-state index < -0.39 is 32.5 Å². The number of allylic oxidation sites excluding steroid dienone is 2. The maximum atomic E-state index is 12.5. The number of hydrogen-bond acceptors (Lipinski definition) is 4.